The standard InChI is InChI=1S/C6H11N/c1-7-3-5-2-6(5)4-7/h5-6H,2-4H2,1H3/t5-,6+. The highest BCUT2D eigenvalue weighted by Gasteiger charge is 2.43. The molecule has 0 amide bonds. The SMILES string of the molecule is CN1C[C@H]2C[C@H]2C1. The summed E-state index contributed by atoms with van der Waals surface area (Å²) in [6.45, 7) is 2.76. The number of nitrogens with zero attached hydrogens (tertiary/aromatic N) is 1. The van der Waals surface area contributed by atoms with Crippen LogP contribution in [0.5, 0.6) is 0 Å². The van der Waals surface area contributed by atoms with Crippen molar-refractivity contribution in [3.8, 4) is 0 Å². The first kappa shape index (κ1) is 3.90. The highest BCUT2D eigenvalue weighted by Crippen LogP contribution is 2.43. The summed E-state index contributed by atoms with van der Waals surface area (Å²) in [4.78, 5) is 2.43. The molecule has 0 aromatic carbocycles. The predicted octanol–water partition coefficient (Wildman–Crippen LogP) is 0.568. The van der Waals surface area contributed by atoms with Crippen molar-refractivity contribution in [2.75, 3.05) is 20.1 Å². The van der Waals surface area contributed by atoms with Crippen LogP contribution in [-0.2, 0) is 0 Å². The van der Waals surface area contributed by atoms with E-state index >= 15 is 0 Å². The van der Waals surface area contributed by atoms with E-state index in [1.807, 2.05) is 0 Å². The summed E-state index contributed by atoms with van der Waals surface area (Å²) in [6.07, 6.45) is 1.53. The van der Waals surface area contributed by atoms with Gasteiger partial charge in [0.15, 0.2) is 0 Å². The maximum Gasteiger partial charge on any atom is 0.000997 e. The van der Waals surface area contributed by atoms with Crippen LogP contribution in [0.4, 0.5) is 0 Å². The van der Waals surface area contributed by atoms with Crippen molar-refractivity contribution in [1.29, 1.82) is 0 Å². The van der Waals surface area contributed by atoms with Crippen molar-refractivity contribution in [3.05, 3.63) is 0 Å². The quantitative estimate of drug-likeness (QED) is 0.427. The van der Waals surface area contributed by atoms with E-state index in [4.69, 9.17) is 0 Å². The van der Waals surface area contributed by atoms with Crippen LogP contribution in [0.25, 0.3) is 0 Å². The van der Waals surface area contributed by atoms with Crippen LogP contribution in [0.2, 0.25) is 0 Å². The van der Waals surface area contributed by atoms with Gasteiger partial charge in [0, 0.05) is 13.1 Å². The Bertz CT molecular complexity index is 80.2. The summed E-state index contributed by atoms with van der Waals surface area (Å²) in [5.74, 6) is 2.23. The van der Waals surface area contributed by atoms with E-state index in [-0.39, 0.29) is 0 Å². The highest BCUT2D eigenvalue weighted by molar-refractivity contribution is 4.95. The largest absolute Gasteiger partial charge is 0.306 e. The molecule has 2 aliphatic rings. The Balaban J connectivity index is 2.02. The van der Waals surface area contributed by atoms with Crippen LogP contribution in [0.1, 0.15) is 6.42 Å². The van der Waals surface area contributed by atoms with Gasteiger partial charge in [0.25, 0.3) is 0 Å². The molecular weight excluding hydrogens is 86.1 g/mol. The minimum atomic E-state index is 1.12. The third-order valence-electron chi connectivity index (χ3n) is 2.16. The molecule has 0 unspecified atom stereocenters. The summed E-state index contributed by atoms with van der Waals surface area (Å²) in [6, 6.07) is 0. The smallest absolute Gasteiger partial charge is 0.000997 e. The van der Waals surface area contributed by atoms with Crippen LogP contribution in [0.15, 0.2) is 0 Å². The van der Waals surface area contributed by atoms with Crippen LogP contribution < -0.4 is 0 Å². The average molecular weight is 97.2 g/mol. The van der Waals surface area contributed by atoms with Gasteiger partial charge in [0.1, 0.15) is 0 Å². The van der Waals surface area contributed by atoms with Gasteiger partial charge in [-0.2, -0.15) is 0 Å². The second kappa shape index (κ2) is 1.03. The third-order valence-corrected chi connectivity index (χ3v) is 2.16. The Morgan fingerprint density at radius 1 is 1.29 bits per heavy atom. The molecule has 2 fully saturated rings. The molecule has 1 heteroatoms. The number of rotatable bonds is 0. The monoisotopic (exact) mass is 97.1 g/mol. The molecule has 1 nitrogen and oxygen atoms in total. The number of fused-ring (bicyclic) bond motifs is 1. The minimum absolute atomic E-state index is 1.12. The zero-order chi connectivity index (χ0) is 4.85. The lowest BCUT2D eigenvalue weighted by Gasteiger charge is -2.06. The molecule has 1 aliphatic carbocycles. The van der Waals surface area contributed by atoms with Crippen LogP contribution >= 0.6 is 0 Å². The normalized spacial score (nSPS) is 49.3. The van der Waals surface area contributed by atoms with Gasteiger partial charge >= 0.3 is 0 Å². The lowest BCUT2D eigenvalue weighted by Crippen LogP contribution is -2.15. The van der Waals surface area contributed by atoms with Gasteiger partial charge < -0.3 is 4.90 Å². The highest BCUT2D eigenvalue weighted by atomic mass is 15.1. The maximum absolute atomic E-state index is 2.43. The van der Waals surface area contributed by atoms with Gasteiger partial charge in [-0.05, 0) is 25.3 Å². The number of hydrogen-bond acceptors (Lipinski definition) is 1. The molecule has 0 aromatic rings. The number of piperidine rings is 1. The van der Waals surface area contributed by atoms with Crippen LogP contribution in [0.3, 0.4) is 0 Å². The van der Waals surface area contributed by atoms with Crippen molar-refractivity contribution in [2.45, 2.75) is 6.42 Å². The van der Waals surface area contributed by atoms with Crippen LogP contribution in [0, 0.1) is 11.8 Å². The molecule has 40 valence electrons. The molecule has 0 aromatic heterocycles. The fraction of sp³-hybridized carbons (Fsp3) is 1.00. The Hall–Kier alpha value is -0.0400. The summed E-state index contributed by atoms with van der Waals surface area (Å²) < 4.78 is 0. The van der Waals surface area contributed by atoms with Crippen molar-refractivity contribution >= 4 is 0 Å². The second-order valence-electron chi connectivity index (χ2n) is 2.98. The molecule has 2 rings (SSSR count). The van der Waals surface area contributed by atoms with Gasteiger partial charge in [0.2, 0.25) is 0 Å². The van der Waals surface area contributed by atoms with Crippen molar-refractivity contribution in [2.24, 2.45) is 11.8 Å². The topological polar surface area (TPSA) is 3.24 Å². The van der Waals surface area contributed by atoms with Gasteiger partial charge in [-0.15, -0.1) is 0 Å². The molecule has 1 heterocycles. The van der Waals surface area contributed by atoms with Crippen molar-refractivity contribution in [1.82, 2.24) is 4.90 Å². The molecule has 7 heavy (non-hydrogen) atoms. The van der Waals surface area contributed by atoms with Crippen LogP contribution in [-0.4, -0.2) is 25.0 Å². The van der Waals surface area contributed by atoms with Crippen molar-refractivity contribution < 1.29 is 0 Å². The fourth-order valence-electron chi connectivity index (χ4n) is 1.63. The van der Waals surface area contributed by atoms with E-state index in [0.29, 0.717) is 0 Å². The molecule has 1 saturated carbocycles. The Morgan fingerprint density at radius 3 is 2.14 bits per heavy atom. The first-order chi connectivity index (χ1) is 3.36. The van der Waals surface area contributed by atoms with Gasteiger partial charge in [-0.25, -0.2) is 0 Å². The van der Waals surface area contributed by atoms with Gasteiger partial charge in [-0.3, -0.25) is 0 Å². The second-order valence-corrected chi connectivity index (χ2v) is 2.98. The number of hydrogen-bond donors (Lipinski definition) is 0. The fourth-order valence-corrected chi connectivity index (χ4v) is 1.63. The molecule has 1 aliphatic heterocycles. The molecule has 0 radical (unpaired) electrons. The summed E-state index contributed by atoms with van der Waals surface area (Å²) in [5.41, 5.74) is 0. The summed E-state index contributed by atoms with van der Waals surface area (Å²) >= 11 is 0. The third kappa shape index (κ3) is 0.480. The molecule has 2 atom stereocenters. The van der Waals surface area contributed by atoms with E-state index < -0.39 is 0 Å². The summed E-state index contributed by atoms with van der Waals surface area (Å²) in [5, 5.41) is 0. The Kier molecular flexibility index (Phi) is 0.571. The van der Waals surface area contributed by atoms with Gasteiger partial charge in [0.05, 0.1) is 0 Å². The van der Waals surface area contributed by atoms with Gasteiger partial charge in [-0.1, -0.05) is 0 Å². The molecular formula is C6H11N. The Morgan fingerprint density at radius 2 is 1.86 bits per heavy atom. The zero-order valence-corrected chi connectivity index (χ0v) is 4.72. The lowest BCUT2D eigenvalue weighted by molar-refractivity contribution is 0.373. The molecule has 0 spiro atoms. The zero-order valence-electron chi connectivity index (χ0n) is 4.72. The molecule has 0 bridgehead atoms. The van der Waals surface area contributed by atoms with E-state index in [1.54, 1.807) is 0 Å². The van der Waals surface area contributed by atoms with Crippen molar-refractivity contribution in [3.63, 3.8) is 0 Å². The minimum Gasteiger partial charge on any atom is -0.306 e. The maximum atomic E-state index is 2.43. The first-order valence-corrected chi connectivity index (χ1v) is 3.05. The van der Waals surface area contributed by atoms with E-state index in [1.165, 1.54) is 19.5 Å². The summed E-state index contributed by atoms with van der Waals surface area (Å²) in [7, 11) is 2.21. The average Bonchev–Trinajstić information content (AvgIpc) is 2.15. The van der Waals surface area contributed by atoms with E-state index in [9.17, 15) is 0 Å². The first-order valence-electron chi connectivity index (χ1n) is 3.05. The Labute approximate surface area is 44.3 Å². The molecule has 1 saturated heterocycles. The lowest BCUT2D eigenvalue weighted by atomic mass is 10.4. The predicted molar refractivity (Wildman–Crippen MR) is 29.1 cm³/mol. The van der Waals surface area contributed by atoms with E-state index in [0.717, 1.165) is 11.8 Å². The molecule has 0 N–H and O–H groups in total. The van der Waals surface area contributed by atoms with E-state index in [2.05, 4.69) is 11.9 Å². The number of likely N-dealkylation sites (tertiary alicyclic amines) is 1.